The van der Waals surface area contributed by atoms with Crippen molar-refractivity contribution in [1.29, 1.82) is 0 Å². The van der Waals surface area contributed by atoms with Gasteiger partial charge in [-0.2, -0.15) is 5.10 Å². The third-order valence-corrected chi connectivity index (χ3v) is 5.44. The second-order valence-electron chi connectivity index (χ2n) is 7.09. The van der Waals surface area contributed by atoms with Crippen molar-refractivity contribution < 1.29 is 14.3 Å². The summed E-state index contributed by atoms with van der Waals surface area (Å²) >= 11 is 0. The van der Waals surface area contributed by atoms with Crippen molar-refractivity contribution in [2.75, 3.05) is 14.2 Å². The summed E-state index contributed by atoms with van der Waals surface area (Å²) in [7, 11) is 3.25. The van der Waals surface area contributed by atoms with E-state index in [1.54, 1.807) is 19.2 Å². The van der Waals surface area contributed by atoms with E-state index in [1.165, 1.54) is 0 Å². The molecule has 0 fully saturated rings. The highest BCUT2D eigenvalue weighted by molar-refractivity contribution is 6.07. The van der Waals surface area contributed by atoms with Gasteiger partial charge in [0.1, 0.15) is 0 Å². The number of benzene rings is 2. The highest BCUT2D eigenvalue weighted by Crippen LogP contribution is 2.37. The molecule has 0 unspecified atom stereocenters. The lowest BCUT2D eigenvalue weighted by atomic mass is 9.76. The number of hydrogen-bond donors (Lipinski definition) is 0. The Morgan fingerprint density at radius 1 is 0.964 bits per heavy atom. The van der Waals surface area contributed by atoms with Crippen LogP contribution in [0.3, 0.4) is 0 Å². The maximum absolute atomic E-state index is 13.1. The number of fused-ring (bicyclic) bond motifs is 1. The Bertz CT molecular complexity index is 921. The topological polar surface area (TPSA) is 51.1 Å². The third kappa shape index (κ3) is 3.40. The molecule has 2 aliphatic rings. The van der Waals surface area contributed by atoms with Crippen LogP contribution in [0.5, 0.6) is 11.5 Å². The summed E-state index contributed by atoms with van der Waals surface area (Å²) in [6, 6.07) is 15.8. The van der Waals surface area contributed by atoms with Crippen LogP contribution in [0.15, 0.2) is 65.8 Å². The van der Waals surface area contributed by atoms with Crippen LogP contribution >= 0.6 is 0 Å². The number of hydrazone groups is 1. The molecule has 4 rings (SSSR count). The van der Waals surface area contributed by atoms with E-state index >= 15 is 0 Å². The van der Waals surface area contributed by atoms with E-state index in [4.69, 9.17) is 14.6 Å². The molecule has 0 saturated carbocycles. The second-order valence-corrected chi connectivity index (χ2v) is 7.09. The first-order valence-corrected chi connectivity index (χ1v) is 9.52. The number of rotatable bonds is 5. The predicted octanol–water partition coefficient (Wildman–Crippen LogP) is 4.03. The number of nitrogens with zero attached hydrogens (tertiary/aromatic N) is 2. The smallest absolute Gasteiger partial charge is 0.247 e. The molecule has 0 aromatic heterocycles. The first kappa shape index (κ1) is 18.3. The zero-order valence-electron chi connectivity index (χ0n) is 16.2. The van der Waals surface area contributed by atoms with E-state index in [0.29, 0.717) is 18.0 Å². The van der Waals surface area contributed by atoms with Crippen LogP contribution in [0.1, 0.15) is 24.0 Å². The molecule has 1 amide bonds. The van der Waals surface area contributed by atoms with Gasteiger partial charge in [-0.3, -0.25) is 4.79 Å². The molecule has 5 nitrogen and oxygen atoms in total. The van der Waals surface area contributed by atoms with Crippen LogP contribution in [0.2, 0.25) is 0 Å². The predicted molar refractivity (Wildman–Crippen MR) is 108 cm³/mol. The van der Waals surface area contributed by atoms with Gasteiger partial charge in [0.25, 0.3) is 0 Å². The van der Waals surface area contributed by atoms with Gasteiger partial charge < -0.3 is 9.47 Å². The van der Waals surface area contributed by atoms with Crippen LogP contribution in [-0.2, 0) is 11.3 Å². The van der Waals surface area contributed by atoms with Gasteiger partial charge in [0, 0.05) is 11.5 Å². The second kappa shape index (κ2) is 7.89. The highest BCUT2D eigenvalue weighted by atomic mass is 16.5. The molecule has 2 aromatic rings. The monoisotopic (exact) mass is 376 g/mol. The van der Waals surface area contributed by atoms with Crippen molar-refractivity contribution in [2.45, 2.75) is 19.4 Å². The van der Waals surface area contributed by atoms with Crippen molar-refractivity contribution in [2.24, 2.45) is 16.9 Å². The lowest BCUT2D eigenvalue weighted by Crippen LogP contribution is -2.45. The Kier molecular flexibility index (Phi) is 5.15. The molecule has 0 N–H and O–H groups in total. The van der Waals surface area contributed by atoms with Crippen molar-refractivity contribution in [3.63, 3.8) is 0 Å². The van der Waals surface area contributed by atoms with Gasteiger partial charge in [-0.15, -0.1) is 0 Å². The molecule has 0 saturated heterocycles. The number of carbonyl (C=O) groups is 1. The van der Waals surface area contributed by atoms with Crippen molar-refractivity contribution in [3.8, 4) is 11.5 Å². The van der Waals surface area contributed by atoms with E-state index in [-0.39, 0.29) is 17.7 Å². The summed E-state index contributed by atoms with van der Waals surface area (Å²) in [5, 5.41) is 6.44. The molecule has 2 aromatic carbocycles. The fourth-order valence-electron chi connectivity index (χ4n) is 3.97. The zero-order chi connectivity index (χ0) is 19.5. The van der Waals surface area contributed by atoms with E-state index in [1.807, 2.05) is 48.5 Å². The summed E-state index contributed by atoms with van der Waals surface area (Å²) in [5.41, 5.74) is 2.97. The molecule has 28 heavy (non-hydrogen) atoms. The van der Waals surface area contributed by atoms with Crippen LogP contribution in [0.25, 0.3) is 0 Å². The first-order valence-electron chi connectivity index (χ1n) is 9.52. The Balaban J connectivity index is 1.74. The number of methoxy groups -OCH3 is 2. The number of hydrogen-bond acceptors (Lipinski definition) is 4. The minimum Gasteiger partial charge on any atom is -0.493 e. The SMILES string of the molecule is COc1ccc(C2=NN(Cc3ccccc3)C(=O)[C@H]3CC=CC[C@@H]23)cc1OC. The molecule has 0 radical (unpaired) electrons. The maximum atomic E-state index is 13.1. The third-order valence-electron chi connectivity index (χ3n) is 5.44. The summed E-state index contributed by atoms with van der Waals surface area (Å²) in [6.45, 7) is 0.476. The highest BCUT2D eigenvalue weighted by Gasteiger charge is 2.40. The largest absolute Gasteiger partial charge is 0.493 e. The molecule has 1 heterocycles. The van der Waals surface area contributed by atoms with E-state index in [9.17, 15) is 4.79 Å². The van der Waals surface area contributed by atoms with Gasteiger partial charge in [0.2, 0.25) is 5.91 Å². The summed E-state index contributed by atoms with van der Waals surface area (Å²) in [5.74, 6) is 1.46. The Hall–Kier alpha value is -3.08. The van der Waals surface area contributed by atoms with Gasteiger partial charge >= 0.3 is 0 Å². The number of allylic oxidation sites excluding steroid dienone is 2. The lowest BCUT2D eigenvalue weighted by molar-refractivity contribution is -0.138. The quantitative estimate of drug-likeness (QED) is 0.740. The Morgan fingerprint density at radius 2 is 1.68 bits per heavy atom. The molecule has 2 atom stereocenters. The summed E-state index contributed by atoms with van der Waals surface area (Å²) < 4.78 is 10.8. The van der Waals surface area contributed by atoms with Gasteiger partial charge in [-0.05, 0) is 36.6 Å². The van der Waals surface area contributed by atoms with Crippen LogP contribution in [0, 0.1) is 11.8 Å². The normalized spacial score (nSPS) is 21.1. The minimum atomic E-state index is -0.0747. The molecule has 0 spiro atoms. The summed E-state index contributed by atoms with van der Waals surface area (Å²) in [6.07, 6.45) is 5.83. The molecule has 0 bridgehead atoms. The lowest BCUT2D eigenvalue weighted by Gasteiger charge is -2.37. The first-order chi connectivity index (χ1) is 13.7. The maximum Gasteiger partial charge on any atom is 0.247 e. The zero-order valence-corrected chi connectivity index (χ0v) is 16.2. The minimum absolute atomic E-state index is 0.0747. The van der Waals surface area contributed by atoms with E-state index in [0.717, 1.165) is 29.7 Å². The standard InChI is InChI=1S/C23H24N2O3/c1-27-20-13-12-17(14-21(20)28-2)22-18-10-6-7-11-19(18)23(26)25(24-22)15-16-8-4-3-5-9-16/h3-9,12-14,18-19H,10-11,15H2,1-2H3/t18-,19+/m1/s1. The molecule has 1 aliphatic heterocycles. The van der Waals surface area contributed by atoms with Gasteiger partial charge in [-0.1, -0.05) is 42.5 Å². The fourth-order valence-corrected chi connectivity index (χ4v) is 3.97. The fraction of sp³-hybridized carbons (Fsp3) is 0.304. The van der Waals surface area contributed by atoms with Crippen molar-refractivity contribution in [3.05, 3.63) is 71.8 Å². The van der Waals surface area contributed by atoms with Crippen molar-refractivity contribution >= 4 is 11.6 Å². The van der Waals surface area contributed by atoms with Crippen LogP contribution in [0.4, 0.5) is 0 Å². The molecular weight excluding hydrogens is 352 g/mol. The van der Waals surface area contributed by atoms with Gasteiger partial charge in [0.05, 0.1) is 32.4 Å². The van der Waals surface area contributed by atoms with Gasteiger partial charge in [-0.25, -0.2) is 5.01 Å². The van der Waals surface area contributed by atoms with Gasteiger partial charge in [0.15, 0.2) is 11.5 Å². The number of ether oxygens (including phenoxy) is 2. The molecule has 1 aliphatic carbocycles. The van der Waals surface area contributed by atoms with Crippen molar-refractivity contribution in [1.82, 2.24) is 5.01 Å². The van der Waals surface area contributed by atoms with E-state index in [2.05, 4.69) is 12.2 Å². The number of amides is 1. The average Bonchev–Trinajstić information content (AvgIpc) is 2.76. The molecule has 5 heteroatoms. The van der Waals surface area contributed by atoms with Crippen LogP contribution < -0.4 is 9.47 Å². The molecule has 144 valence electrons. The Labute approximate surface area is 165 Å². The van der Waals surface area contributed by atoms with E-state index < -0.39 is 0 Å². The number of carbonyl (C=O) groups excluding carboxylic acids is 1. The Morgan fingerprint density at radius 3 is 2.39 bits per heavy atom. The average molecular weight is 376 g/mol. The summed E-state index contributed by atoms with van der Waals surface area (Å²) in [4.78, 5) is 13.1. The molecular formula is C23H24N2O3. The van der Waals surface area contributed by atoms with Crippen LogP contribution in [-0.4, -0.2) is 30.8 Å².